The van der Waals surface area contributed by atoms with Gasteiger partial charge in [0.15, 0.2) is 17.3 Å². The van der Waals surface area contributed by atoms with E-state index in [-0.39, 0.29) is 12.4 Å². The first-order valence-electron chi connectivity index (χ1n) is 5.84. The van der Waals surface area contributed by atoms with Crippen LogP contribution in [0, 0.1) is 0 Å². The number of hydrogen-bond acceptors (Lipinski definition) is 5. The van der Waals surface area contributed by atoms with Crippen molar-refractivity contribution < 1.29 is 23.8 Å². The van der Waals surface area contributed by atoms with Gasteiger partial charge in [-0.05, 0) is 24.3 Å². The summed E-state index contributed by atoms with van der Waals surface area (Å²) in [7, 11) is 2.99. The molecule has 0 aliphatic heterocycles. The van der Waals surface area contributed by atoms with Crippen LogP contribution in [0.2, 0.25) is 0 Å². The minimum Gasteiger partial charge on any atom is -0.493 e. The van der Waals surface area contributed by atoms with Gasteiger partial charge in [-0.2, -0.15) is 0 Å². The van der Waals surface area contributed by atoms with Gasteiger partial charge in [0.05, 0.1) is 14.2 Å². The van der Waals surface area contributed by atoms with Gasteiger partial charge in [-0.3, -0.25) is 4.79 Å². The third-order valence-electron chi connectivity index (χ3n) is 2.38. The highest BCUT2D eigenvalue weighted by Crippen LogP contribution is 2.27. The molecule has 0 saturated carbocycles. The Labute approximate surface area is 117 Å². The van der Waals surface area contributed by atoms with E-state index < -0.39 is 5.97 Å². The standard InChI is InChI=1S/C15H16O5/c1-4-9-20-15(17)8-6-12(16)11-5-7-13(18-2)14(10-11)19-3/h4-8,10H,1,9H2,2-3H3/b8-6+. The molecular formula is C15H16O5. The number of ketones is 1. The molecule has 106 valence electrons. The van der Waals surface area contributed by atoms with Crippen LogP contribution < -0.4 is 9.47 Å². The second-order valence-electron chi connectivity index (χ2n) is 3.69. The van der Waals surface area contributed by atoms with Crippen molar-refractivity contribution in [3.05, 3.63) is 48.6 Å². The van der Waals surface area contributed by atoms with E-state index in [1.54, 1.807) is 18.2 Å². The van der Waals surface area contributed by atoms with Crippen LogP contribution in [0.25, 0.3) is 0 Å². The van der Waals surface area contributed by atoms with E-state index >= 15 is 0 Å². The number of esters is 1. The molecule has 0 amide bonds. The van der Waals surface area contributed by atoms with Crippen LogP contribution in [0.15, 0.2) is 43.0 Å². The normalized spacial score (nSPS) is 10.1. The maximum Gasteiger partial charge on any atom is 0.331 e. The SMILES string of the molecule is C=CCOC(=O)/C=C/C(=O)c1ccc(OC)c(OC)c1. The van der Waals surface area contributed by atoms with E-state index in [1.165, 1.54) is 20.3 Å². The molecule has 0 aromatic heterocycles. The number of carbonyl (C=O) groups is 2. The minimum atomic E-state index is -0.598. The van der Waals surface area contributed by atoms with Crippen LogP contribution in [0.5, 0.6) is 11.5 Å². The van der Waals surface area contributed by atoms with Gasteiger partial charge in [-0.1, -0.05) is 12.7 Å². The molecule has 0 atom stereocenters. The molecular weight excluding hydrogens is 260 g/mol. The van der Waals surface area contributed by atoms with E-state index in [0.717, 1.165) is 12.2 Å². The highest BCUT2D eigenvalue weighted by molar-refractivity contribution is 6.07. The van der Waals surface area contributed by atoms with Crippen molar-refractivity contribution in [2.75, 3.05) is 20.8 Å². The fourth-order valence-electron chi connectivity index (χ4n) is 1.42. The van der Waals surface area contributed by atoms with Crippen molar-refractivity contribution >= 4 is 11.8 Å². The van der Waals surface area contributed by atoms with Gasteiger partial charge >= 0.3 is 5.97 Å². The second-order valence-corrected chi connectivity index (χ2v) is 3.69. The molecule has 1 aromatic rings. The van der Waals surface area contributed by atoms with Gasteiger partial charge in [0.1, 0.15) is 6.61 Å². The third-order valence-corrected chi connectivity index (χ3v) is 2.38. The van der Waals surface area contributed by atoms with E-state index in [2.05, 4.69) is 6.58 Å². The lowest BCUT2D eigenvalue weighted by Gasteiger charge is -2.07. The maximum atomic E-state index is 11.9. The number of hydrogen-bond donors (Lipinski definition) is 0. The Hall–Kier alpha value is -2.56. The van der Waals surface area contributed by atoms with Gasteiger partial charge < -0.3 is 14.2 Å². The van der Waals surface area contributed by atoms with Crippen LogP contribution >= 0.6 is 0 Å². The first-order chi connectivity index (χ1) is 9.62. The Balaban J connectivity index is 2.79. The van der Waals surface area contributed by atoms with Gasteiger partial charge in [0.2, 0.25) is 0 Å². The van der Waals surface area contributed by atoms with Crippen LogP contribution in [0.1, 0.15) is 10.4 Å². The largest absolute Gasteiger partial charge is 0.493 e. The van der Waals surface area contributed by atoms with E-state index in [9.17, 15) is 9.59 Å². The van der Waals surface area contributed by atoms with E-state index in [4.69, 9.17) is 14.2 Å². The monoisotopic (exact) mass is 276 g/mol. The van der Waals surface area contributed by atoms with Crippen molar-refractivity contribution in [2.45, 2.75) is 0 Å². The number of allylic oxidation sites excluding steroid dienone is 1. The molecule has 0 saturated heterocycles. The number of carbonyl (C=O) groups excluding carboxylic acids is 2. The van der Waals surface area contributed by atoms with Gasteiger partial charge in [0, 0.05) is 11.6 Å². The lowest BCUT2D eigenvalue weighted by Crippen LogP contribution is -2.02. The van der Waals surface area contributed by atoms with Gasteiger partial charge in [0.25, 0.3) is 0 Å². The lowest BCUT2D eigenvalue weighted by atomic mass is 10.1. The zero-order chi connectivity index (χ0) is 15.0. The molecule has 0 aliphatic carbocycles. The Bertz CT molecular complexity index is 531. The van der Waals surface area contributed by atoms with Crippen LogP contribution in [-0.4, -0.2) is 32.6 Å². The Morgan fingerprint density at radius 3 is 2.45 bits per heavy atom. The van der Waals surface area contributed by atoms with Gasteiger partial charge in [-0.15, -0.1) is 0 Å². The highest BCUT2D eigenvalue weighted by atomic mass is 16.5. The zero-order valence-corrected chi connectivity index (χ0v) is 11.4. The van der Waals surface area contributed by atoms with E-state index in [1.807, 2.05) is 0 Å². The van der Waals surface area contributed by atoms with Gasteiger partial charge in [-0.25, -0.2) is 4.79 Å². The molecule has 0 aliphatic rings. The van der Waals surface area contributed by atoms with Crippen molar-refractivity contribution in [3.63, 3.8) is 0 Å². The summed E-state index contributed by atoms with van der Waals surface area (Å²) in [6.45, 7) is 3.52. The molecule has 5 nitrogen and oxygen atoms in total. The average molecular weight is 276 g/mol. The van der Waals surface area contributed by atoms with E-state index in [0.29, 0.717) is 17.1 Å². The summed E-state index contributed by atoms with van der Waals surface area (Å²) in [5, 5.41) is 0. The molecule has 1 rings (SSSR count). The third kappa shape index (κ3) is 4.28. The molecule has 0 heterocycles. The zero-order valence-electron chi connectivity index (χ0n) is 11.4. The summed E-state index contributed by atoms with van der Waals surface area (Å²) in [4.78, 5) is 23.1. The molecule has 0 radical (unpaired) electrons. The lowest BCUT2D eigenvalue weighted by molar-refractivity contribution is -0.136. The summed E-state index contributed by atoms with van der Waals surface area (Å²) in [5.41, 5.74) is 0.385. The summed E-state index contributed by atoms with van der Waals surface area (Å²) < 4.78 is 14.9. The first-order valence-corrected chi connectivity index (χ1v) is 5.84. The fourth-order valence-corrected chi connectivity index (χ4v) is 1.42. The molecule has 0 spiro atoms. The topological polar surface area (TPSA) is 61.8 Å². The summed E-state index contributed by atoms with van der Waals surface area (Å²) in [6, 6.07) is 4.75. The quantitative estimate of drug-likeness (QED) is 0.330. The van der Waals surface area contributed by atoms with Crippen molar-refractivity contribution in [2.24, 2.45) is 0 Å². The summed E-state index contributed by atoms with van der Waals surface area (Å²) in [5.74, 6) is 0.0413. The second kappa shape index (κ2) is 7.78. The molecule has 0 unspecified atom stereocenters. The average Bonchev–Trinajstić information content (AvgIpc) is 2.49. The number of methoxy groups -OCH3 is 2. The number of benzene rings is 1. The Kier molecular flexibility index (Phi) is 6.03. The minimum absolute atomic E-state index is 0.105. The van der Waals surface area contributed by atoms with Crippen LogP contribution in [0.4, 0.5) is 0 Å². The smallest absolute Gasteiger partial charge is 0.331 e. The van der Waals surface area contributed by atoms with Crippen LogP contribution in [-0.2, 0) is 9.53 Å². The predicted molar refractivity (Wildman–Crippen MR) is 74.2 cm³/mol. The van der Waals surface area contributed by atoms with Crippen LogP contribution in [0.3, 0.4) is 0 Å². The molecule has 5 heteroatoms. The fraction of sp³-hybridized carbons (Fsp3) is 0.200. The Morgan fingerprint density at radius 2 is 1.85 bits per heavy atom. The predicted octanol–water partition coefficient (Wildman–Crippen LogP) is 2.17. The van der Waals surface area contributed by atoms with Crippen molar-refractivity contribution in [3.8, 4) is 11.5 Å². The molecule has 1 aromatic carbocycles. The summed E-state index contributed by atoms with van der Waals surface area (Å²) >= 11 is 0. The molecule has 0 bridgehead atoms. The highest BCUT2D eigenvalue weighted by Gasteiger charge is 2.09. The number of ether oxygens (including phenoxy) is 3. The number of rotatable bonds is 7. The molecule has 20 heavy (non-hydrogen) atoms. The molecule has 0 N–H and O–H groups in total. The maximum absolute atomic E-state index is 11.9. The van der Waals surface area contributed by atoms with Crippen molar-refractivity contribution in [1.29, 1.82) is 0 Å². The Morgan fingerprint density at radius 1 is 1.15 bits per heavy atom. The van der Waals surface area contributed by atoms with Crippen molar-refractivity contribution in [1.82, 2.24) is 0 Å². The first kappa shape index (κ1) is 15.5. The summed E-state index contributed by atoms with van der Waals surface area (Å²) in [6.07, 6.45) is 3.66. The molecule has 0 fully saturated rings.